The van der Waals surface area contributed by atoms with E-state index in [4.69, 9.17) is 4.74 Å². The van der Waals surface area contributed by atoms with E-state index in [9.17, 15) is 9.59 Å². The minimum atomic E-state index is -0.775. The van der Waals surface area contributed by atoms with Crippen LogP contribution in [0.4, 0.5) is 4.79 Å². The molecule has 7 heteroatoms. The zero-order valence-corrected chi connectivity index (χ0v) is 12.2. The number of benzene rings is 1. The summed E-state index contributed by atoms with van der Waals surface area (Å²) in [5, 5.41) is 0. The van der Waals surface area contributed by atoms with Crippen LogP contribution in [-0.2, 0) is 7.05 Å². The summed E-state index contributed by atoms with van der Waals surface area (Å²) >= 11 is 0. The van der Waals surface area contributed by atoms with E-state index in [2.05, 4.69) is 9.97 Å². The van der Waals surface area contributed by atoms with Crippen molar-refractivity contribution in [3.8, 4) is 5.75 Å². The number of fused-ring (bicyclic) bond motifs is 2. The van der Waals surface area contributed by atoms with Crippen molar-refractivity contribution < 1.29 is 9.53 Å². The van der Waals surface area contributed by atoms with Crippen molar-refractivity contribution in [1.82, 2.24) is 19.1 Å². The predicted molar refractivity (Wildman–Crippen MR) is 84.7 cm³/mol. The minimum Gasteiger partial charge on any atom is -0.408 e. The van der Waals surface area contributed by atoms with Crippen LogP contribution in [0, 0.1) is 0 Å². The molecule has 0 saturated heterocycles. The quantitative estimate of drug-likeness (QED) is 0.585. The Bertz CT molecular complexity index is 1100. The number of rotatable bonds is 1. The summed E-state index contributed by atoms with van der Waals surface area (Å²) in [4.78, 5) is 31.2. The van der Waals surface area contributed by atoms with Gasteiger partial charge in [0.1, 0.15) is 0 Å². The molecule has 0 amide bonds. The molecule has 1 aromatic carbocycles. The summed E-state index contributed by atoms with van der Waals surface area (Å²) in [5.74, 6) is 0.279. The number of nitrogens with zero attached hydrogens (tertiary/aromatic N) is 3. The van der Waals surface area contributed by atoms with Crippen LogP contribution in [0.25, 0.3) is 22.1 Å². The summed E-state index contributed by atoms with van der Waals surface area (Å²) in [6.07, 6.45) is 2.55. The molecule has 4 rings (SSSR count). The van der Waals surface area contributed by atoms with Crippen molar-refractivity contribution in [2.75, 3.05) is 0 Å². The van der Waals surface area contributed by atoms with Gasteiger partial charge in [-0.1, -0.05) is 12.1 Å². The molecule has 4 aromatic rings. The van der Waals surface area contributed by atoms with Gasteiger partial charge < -0.3 is 14.3 Å². The maximum absolute atomic E-state index is 12.4. The van der Waals surface area contributed by atoms with Gasteiger partial charge in [-0.25, -0.2) is 9.59 Å². The van der Waals surface area contributed by atoms with Crippen molar-refractivity contribution in [3.63, 3.8) is 0 Å². The van der Waals surface area contributed by atoms with E-state index in [1.165, 1.54) is 6.20 Å². The SMILES string of the molecule is Cn1ccc2ncc(OC(=O)n3c(=O)[nH]c4ccccc43)cc21. The van der Waals surface area contributed by atoms with E-state index in [0.717, 1.165) is 15.6 Å². The lowest BCUT2D eigenvalue weighted by molar-refractivity contribution is 0.202. The molecule has 23 heavy (non-hydrogen) atoms. The zero-order valence-electron chi connectivity index (χ0n) is 12.2. The number of hydrogen-bond donors (Lipinski definition) is 1. The van der Waals surface area contributed by atoms with Crippen LogP contribution in [0.5, 0.6) is 5.75 Å². The van der Waals surface area contributed by atoms with Gasteiger partial charge in [-0.2, -0.15) is 4.57 Å². The van der Waals surface area contributed by atoms with Crippen LogP contribution in [0.1, 0.15) is 0 Å². The van der Waals surface area contributed by atoms with Crippen LogP contribution < -0.4 is 10.4 Å². The third-order valence-corrected chi connectivity index (χ3v) is 3.69. The van der Waals surface area contributed by atoms with E-state index in [-0.39, 0.29) is 5.75 Å². The van der Waals surface area contributed by atoms with Crippen molar-refractivity contribution >= 4 is 28.2 Å². The van der Waals surface area contributed by atoms with Gasteiger partial charge in [-0.15, -0.1) is 0 Å². The highest BCUT2D eigenvalue weighted by atomic mass is 16.6. The first kappa shape index (κ1) is 13.3. The molecule has 0 aliphatic carbocycles. The van der Waals surface area contributed by atoms with Gasteiger partial charge in [0.05, 0.1) is 28.3 Å². The number of para-hydroxylation sites is 2. The third-order valence-electron chi connectivity index (χ3n) is 3.69. The maximum atomic E-state index is 12.4. The number of ether oxygens (including phenoxy) is 1. The van der Waals surface area contributed by atoms with Crippen LogP contribution in [0.3, 0.4) is 0 Å². The highest BCUT2D eigenvalue weighted by molar-refractivity contribution is 5.87. The molecule has 0 aliphatic heterocycles. The molecule has 0 atom stereocenters. The fourth-order valence-corrected chi connectivity index (χ4v) is 2.56. The highest BCUT2D eigenvalue weighted by Gasteiger charge is 2.16. The Labute approximate surface area is 129 Å². The number of pyridine rings is 1. The Kier molecular flexibility index (Phi) is 2.80. The Balaban J connectivity index is 1.74. The number of hydrogen-bond acceptors (Lipinski definition) is 4. The number of nitrogens with one attached hydrogen (secondary N) is 1. The Morgan fingerprint density at radius 1 is 1.22 bits per heavy atom. The molecule has 0 unspecified atom stereocenters. The molecule has 114 valence electrons. The fraction of sp³-hybridized carbons (Fsp3) is 0.0625. The van der Waals surface area contributed by atoms with Crippen molar-refractivity contribution in [2.24, 2.45) is 7.05 Å². The summed E-state index contributed by atoms with van der Waals surface area (Å²) in [6.45, 7) is 0. The monoisotopic (exact) mass is 308 g/mol. The van der Waals surface area contributed by atoms with Gasteiger partial charge in [0.15, 0.2) is 5.75 Å². The summed E-state index contributed by atoms with van der Waals surface area (Å²) in [7, 11) is 1.87. The molecule has 0 fully saturated rings. The van der Waals surface area contributed by atoms with Crippen molar-refractivity contribution in [3.05, 3.63) is 59.3 Å². The second kappa shape index (κ2) is 4.84. The van der Waals surface area contributed by atoms with Crippen LogP contribution >= 0.6 is 0 Å². The molecule has 7 nitrogen and oxygen atoms in total. The Morgan fingerprint density at radius 3 is 2.91 bits per heavy atom. The zero-order chi connectivity index (χ0) is 16.0. The molecule has 0 aliphatic rings. The topological polar surface area (TPSA) is 81.9 Å². The van der Waals surface area contributed by atoms with Gasteiger partial charge in [0.2, 0.25) is 0 Å². The molecule has 3 heterocycles. The average molecular weight is 308 g/mol. The van der Waals surface area contributed by atoms with Crippen molar-refractivity contribution in [1.29, 1.82) is 0 Å². The second-order valence-corrected chi connectivity index (χ2v) is 5.15. The molecular weight excluding hydrogens is 296 g/mol. The molecule has 1 N–H and O–H groups in total. The van der Waals surface area contributed by atoms with Gasteiger partial charge in [0.25, 0.3) is 0 Å². The van der Waals surface area contributed by atoms with Gasteiger partial charge in [-0.05, 0) is 18.2 Å². The highest BCUT2D eigenvalue weighted by Crippen LogP contribution is 2.19. The number of aromatic amines is 1. The van der Waals surface area contributed by atoms with E-state index in [1.807, 2.05) is 23.9 Å². The Hall–Kier alpha value is -3.35. The molecular formula is C16H12N4O3. The maximum Gasteiger partial charge on any atom is 0.428 e. The second-order valence-electron chi connectivity index (χ2n) is 5.15. The van der Waals surface area contributed by atoms with Gasteiger partial charge >= 0.3 is 11.8 Å². The number of H-pyrrole nitrogens is 1. The van der Waals surface area contributed by atoms with E-state index < -0.39 is 11.8 Å². The number of aromatic nitrogens is 4. The summed E-state index contributed by atoms with van der Waals surface area (Å²) in [5.41, 5.74) is 2.14. The van der Waals surface area contributed by atoms with E-state index >= 15 is 0 Å². The smallest absolute Gasteiger partial charge is 0.408 e. The number of imidazole rings is 1. The number of carbonyl (C=O) groups excluding carboxylic acids is 1. The average Bonchev–Trinajstić information content (AvgIpc) is 3.07. The first-order valence-electron chi connectivity index (χ1n) is 6.96. The number of aryl methyl sites for hydroxylation is 1. The summed E-state index contributed by atoms with van der Waals surface area (Å²) < 4.78 is 8.14. The largest absolute Gasteiger partial charge is 0.428 e. The van der Waals surface area contributed by atoms with Crippen LogP contribution in [0.15, 0.2) is 53.6 Å². The first-order valence-corrected chi connectivity index (χ1v) is 6.96. The minimum absolute atomic E-state index is 0.279. The molecule has 0 bridgehead atoms. The van der Waals surface area contributed by atoms with Gasteiger partial charge in [0, 0.05) is 19.3 Å². The van der Waals surface area contributed by atoms with E-state index in [0.29, 0.717) is 11.0 Å². The lowest BCUT2D eigenvalue weighted by Gasteiger charge is -2.05. The standard InChI is InChI=1S/C16H12N4O3/c1-19-7-6-11-14(19)8-10(9-17-11)23-16(22)20-13-5-3-2-4-12(13)18-15(20)21/h2-9H,1H3,(H,18,21). The predicted octanol–water partition coefficient (Wildman–Crippen LogP) is 2.26. The lowest BCUT2D eigenvalue weighted by atomic mass is 10.3. The third kappa shape index (κ3) is 2.10. The molecule has 3 aromatic heterocycles. The van der Waals surface area contributed by atoms with Crippen LogP contribution in [-0.4, -0.2) is 25.2 Å². The normalized spacial score (nSPS) is 11.2. The fourth-order valence-electron chi connectivity index (χ4n) is 2.56. The van der Waals surface area contributed by atoms with E-state index in [1.54, 1.807) is 30.3 Å². The molecule has 0 saturated carbocycles. The van der Waals surface area contributed by atoms with Crippen LogP contribution in [0.2, 0.25) is 0 Å². The van der Waals surface area contributed by atoms with Gasteiger partial charge in [-0.3, -0.25) is 4.98 Å². The molecule has 0 spiro atoms. The summed E-state index contributed by atoms with van der Waals surface area (Å²) in [6, 6.07) is 10.5. The van der Waals surface area contributed by atoms with Crippen molar-refractivity contribution in [2.45, 2.75) is 0 Å². The molecule has 0 radical (unpaired) electrons. The Morgan fingerprint density at radius 2 is 2.04 bits per heavy atom. The number of carbonyl (C=O) groups is 1. The first-order chi connectivity index (χ1) is 11.1. The lowest BCUT2D eigenvalue weighted by Crippen LogP contribution is -2.27.